The standard InChI is InChI=1S/C16H18F3N3O3S/c17-16(18,19)9-25-15(24)21-7-6-13(23)22-14-11(8-20)10-4-2-1-3-5-12(10)26-14/h1-7,9H2,(H,21,24)(H,22,23). The van der Waals surface area contributed by atoms with Crippen LogP contribution in [0.1, 0.15) is 41.7 Å². The first-order valence-electron chi connectivity index (χ1n) is 8.12. The van der Waals surface area contributed by atoms with E-state index in [0.717, 1.165) is 42.5 Å². The Kier molecular flexibility index (Phi) is 6.85. The van der Waals surface area contributed by atoms with Gasteiger partial charge in [0, 0.05) is 17.8 Å². The van der Waals surface area contributed by atoms with Crippen molar-refractivity contribution in [1.82, 2.24) is 5.32 Å². The molecular weight excluding hydrogens is 371 g/mol. The Labute approximate surface area is 152 Å². The van der Waals surface area contributed by atoms with Gasteiger partial charge >= 0.3 is 12.3 Å². The van der Waals surface area contributed by atoms with E-state index < -0.39 is 24.8 Å². The largest absolute Gasteiger partial charge is 0.440 e. The molecule has 142 valence electrons. The van der Waals surface area contributed by atoms with Gasteiger partial charge in [-0.15, -0.1) is 11.3 Å². The monoisotopic (exact) mass is 389 g/mol. The maximum absolute atomic E-state index is 12.0. The number of thiophene rings is 1. The van der Waals surface area contributed by atoms with Crippen molar-refractivity contribution in [2.24, 2.45) is 0 Å². The van der Waals surface area contributed by atoms with Crippen molar-refractivity contribution in [3.63, 3.8) is 0 Å². The second kappa shape index (κ2) is 8.89. The summed E-state index contributed by atoms with van der Waals surface area (Å²) in [5, 5.41) is 14.6. The molecule has 2 rings (SSSR count). The van der Waals surface area contributed by atoms with Crippen LogP contribution in [-0.4, -0.2) is 31.3 Å². The van der Waals surface area contributed by atoms with Crippen LogP contribution in [0.25, 0.3) is 0 Å². The molecule has 1 aliphatic rings. The van der Waals surface area contributed by atoms with Crippen LogP contribution in [-0.2, 0) is 22.4 Å². The van der Waals surface area contributed by atoms with Gasteiger partial charge in [0.2, 0.25) is 5.91 Å². The first-order chi connectivity index (χ1) is 12.3. The highest BCUT2D eigenvalue weighted by molar-refractivity contribution is 7.16. The molecule has 0 spiro atoms. The number of alkyl carbamates (subject to hydrolysis) is 1. The van der Waals surface area contributed by atoms with Gasteiger partial charge in [0.25, 0.3) is 0 Å². The van der Waals surface area contributed by atoms with Crippen molar-refractivity contribution < 1.29 is 27.5 Å². The van der Waals surface area contributed by atoms with E-state index in [1.54, 1.807) is 0 Å². The number of hydrogen-bond donors (Lipinski definition) is 2. The summed E-state index contributed by atoms with van der Waals surface area (Å²) in [4.78, 5) is 24.2. The zero-order valence-corrected chi connectivity index (χ0v) is 14.7. The second-order valence-corrected chi connectivity index (χ2v) is 6.90. The van der Waals surface area contributed by atoms with Gasteiger partial charge < -0.3 is 15.4 Å². The average Bonchev–Trinajstić information content (AvgIpc) is 2.72. The van der Waals surface area contributed by atoms with E-state index in [4.69, 9.17) is 0 Å². The zero-order valence-electron chi connectivity index (χ0n) is 13.9. The summed E-state index contributed by atoms with van der Waals surface area (Å²) in [5.41, 5.74) is 1.48. The number of fused-ring (bicyclic) bond motifs is 1. The number of nitrogens with zero attached hydrogens (tertiary/aromatic N) is 1. The molecule has 0 saturated carbocycles. The Morgan fingerprint density at radius 3 is 2.65 bits per heavy atom. The Hall–Kier alpha value is -2.28. The molecule has 1 heterocycles. The van der Waals surface area contributed by atoms with Crippen LogP contribution in [0.2, 0.25) is 0 Å². The lowest BCUT2D eigenvalue weighted by Gasteiger charge is -2.09. The molecule has 2 N–H and O–H groups in total. The molecule has 0 saturated heterocycles. The molecule has 0 unspecified atom stereocenters. The lowest BCUT2D eigenvalue weighted by atomic mass is 10.1. The number of amides is 2. The fourth-order valence-corrected chi connectivity index (χ4v) is 3.87. The van der Waals surface area contributed by atoms with Crippen LogP contribution in [0, 0.1) is 11.3 Å². The third-order valence-corrected chi connectivity index (χ3v) is 4.98. The number of ether oxygens (including phenoxy) is 1. The average molecular weight is 389 g/mol. The normalized spacial score (nSPS) is 13.9. The molecule has 6 nitrogen and oxygen atoms in total. The van der Waals surface area contributed by atoms with Gasteiger partial charge in [0.15, 0.2) is 6.61 Å². The van der Waals surface area contributed by atoms with E-state index in [9.17, 15) is 28.0 Å². The van der Waals surface area contributed by atoms with E-state index in [0.29, 0.717) is 10.6 Å². The Balaban J connectivity index is 1.83. The number of halogens is 3. The van der Waals surface area contributed by atoms with Crippen molar-refractivity contribution in [2.75, 3.05) is 18.5 Å². The van der Waals surface area contributed by atoms with Crippen molar-refractivity contribution in [1.29, 1.82) is 5.26 Å². The van der Waals surface area contributed by atoms with Gasteiger partial charge in [-0.2, -0.15) is 18.4 Å². The van der Waals surface area contributed by atoms with Crippen LogP contribution < -0.4 is 10.6 Å². The highest BCUT2D eigenvalue weighted by Gasteiger charge is 2.29. The highest BCUT2D eigenvalue weighted by atomic mass is 32.1. The summed E-state index contributed by atoms with van der Waals surface area (Å²) in [7, 11) is 0. The van der Waals surface area contributed by atoms with Crippen LogP contribution in [0.3, 0.4) is 0 Å². The molecule has 1 aliphatic carbocycles. The molecule has 2 amide bonds. The first kappa shape index (κ1) is 20.0. The van der Waals surface area contributed by atoms with Crippen LogP contribution in [0.15, 0.2) is 0 Å². The number of alkyl halides is 3. The molecule has 0 fully saturated rings. The summed E-state index contributed by atoms with van der Waals surface area (Å²) in [6.45, 7) is -1.85. The highest BCUT2D eigenvalue weighted by Crippen LogP contribution is 2.36. The maximum atomic E-state index is 12.0. The van der Waals surface area contributed by atoms with Crippen molar-refractivity contribution in [2.45, 2.75) is 44.7 Å². The Morgan fingerprint density at radius 1 is 1.23 bits per heavy atom. The number of aryl methyl sites for hydroxylation is 1. The van der Waals surface area contributed by atoms with Gasteiger partial charge in [-0.3, -0.25) is 4.79 Å². The third kappa shape index (κ3) is 5.91. The molecule has 0 bridgehead atoms. The molecule has 0 radical (unpaired) electrons. The molecule has 10 heteroatoms. The minimum absolute atomic E-state index is 0.144. The summed E-state index contributed by atoms with van der Waals surface area (Å²) >= 11 is 1.39. The van der Waals surface area contributed by atoms with E-state index in [1.807, 2.05) is 0 Å². The number of rotatable bonds is 5. The summed E-state index contributed by atoms with van der Waals surface area (Å²) in [6.07, 6.45) is -1.10. The molecule has 0 atom stereocenters. The van der Waals surface area contributed by atoms with E-state index in [1.165, 1.54) is 11.3 Å². The molecule has 1 aromatic rings. The third-order valence-electron chi connectivity index (χ3n) is 3.77. The summed E-state index contributed by atoms with van der Waals surface area (Å²) < 4.78 is 39.7. The van der Waals surface area contributed by atoms with Gasteiger partial charge in [-0.05, 0) is 31.2 Å². The predicted octanol–water partition coefficient (Wildman–Crippen LogP) is 3.51. The number of nitriles is 1. The maximum Gasteiger partial charge on any atom is 0.422 e. The molecular formula is C16H18F3N3O3S. The number of anilines is 1. The molecule has 0 aromatic carbocycles. The Bertz CT molecular complexity index is 710. The van der Waals surface area contributed by atoms with E-state index in [-0.39, 0.29) is 13.0 Å². The molecule has 0 aliphatic heterocycles. The Morgan fingerprint density at radius 2 is 1.96 bits per heavy atom. The SMILES string of the molecule is N#Cc1c(NC(=O)CCNC(=O)OCC(F)(F)F)sc2c1CCCCC2. The quantitative estimate of drug-likeness (QED) is 0.754. The van der Waals surface area contributed by atoms with E-state index in [2.05, 4.69) is 21.4 Å². The predicted molar refractivity (Wildman–Crippen MR) is 88.9 cm³/mol. The number of hydrogen-bond acceptors (Lipinski definition) is 5. The number of carbonyl (C=O) groups excluding carboxylic acids is 2. The van der Waals surface area contributed by atoms with Gasteiger partial charge in [0.1, 0.15) is 11.1 Å². The summed E-state index contributed by atoms with van der Waals surface area (Å²) in [6, 6.07) is 2.14. The topological polar surface area (TPSA) is 91.2 Å². The number of carbonyl (C=O) groups is 2. The summed E-state index contributed by atoms with van der Waals surface area (Å²) in [5.74, 6) is -0.436. The lowest BCUT2D eigenvalue weighted by Crippen LogP contribution is -2.31. The van der Waals surface area contributed by atoms with E-state index >= 15 is 0 Å². The van der Waals surface area contributed by atoms with Gasteiger partial charge in [-0.1, -0.05) is 6.42 Å². The minimum Gasteiger partial charge on any atom is -0.440 e. The number of nitrogens with one attached hydrogen (secondary N) is 2. The first-order valence-corrected chi connectivity index (χ1v) is 8.93. The van der Waals surface area contributed by atoms with Gasteiger partial charge in [-0.25, -0.2) is 4.79 Å². The zero-order chi connectivity index (χ0) is 19.2. The van der Waals surface area contributed by atoms with Crippen LogP contribution in [0.5, 0.6) is 0 Å². The molecule has 26 heavy (non-hydrogen) atoms. The minimum atomic E-state index is -4.60. The van der Waals surface area contributed by atoms with Crippen molar-refractivity contribution in [3.8, 4) is 6.07 Å². The van der Waals surface area contributed by atoms with Crippen molar-refractivity contribution >= 4 is 28.3 Å². The second-order valence-electron chi connectivity index (χ2n) is 5.80. The van der Waals surface area contributed by atoms with Crippen LogP contribution in [0.4, 0.5) is 23.0 Å². The van der Waals surface area contributed by atoms with Crippen LogP contribution >= 0.6 is 11.3 Å². The molecule has 1 aromatic heterocycles. The van der Waals surface area contributed by atoms with Gasteiger partial charge in [0.05, 0.1) is 5.56 Å². The fraction of sp³-hybridized carbons (Fsp3) is 0.562. The fourth-order valence-electron chi connectivity index (χ4n) is 2.61. The van der Waals surface area contributed by atoms with Crippen molar-refractivity contribution in [3.05, 3.63) is 16.0 Å². The smallest absolute Gasteiger partial charge is 0.422 e. The lowest BCUT2D eigenvalue weighted by molar-refractivity contribution is -0.160.